The van der Waals surface area contributed by atoms with Crippen LogP contribution in [0.3, 0.4) is 0 Å². The SMILES string of the molecule is CC(NC(=O)CCN1C(=O)c2ccc(Br)cc2C1=O)c1ccccc1F. The van der Waals surface area contributed by atoms with Gasteiger partial charge in [-0.05, 0) is 31.2 Å². The Bertz CT molecular complexity index is 900. The first kappa shape index (κ1) is 18.3. The van der Waals surface area contributed by atoms with Crippen LogP contribution in [0.25, 0.3) is 0 Å². The van der Waals surface area contributed by atoms with Crippen LogP contribution >= 0.6 is 15.9 Å². The van der Waals surface area contributed by atoms with E-state index in [1.807, 2.05) is 0 Å². The van der Waals surface area contributed by atoms with Gasteiger partial charge in [-0.3, -0.25) is 19.3 Å². The van der Waals surface area contributed by atoms with Gasteiger partial charge in [0, 0.05) is 23.0 Å². The van der Waals surface area contributed by atoms with Gasteiger partial charge in [0.2, 0.25) is 5.91 Å². The second kappa shape index (κ2) is 7.37. The summed E-state index contributed by atoms with van der Waals surface area (Å²) in [5.74, 6) is -1.58. The van der Waals surface area contributed by atoms with E-state index in [-0.39, 0.29) is 18.9 Å². The van der Waals surface area contributed by atoms with Gasteiger partial charge in [0.1, 0.15) is 5.82 Å². The van der Waals surface area contributed by atoms with Crippen LogP contribution in [0.5, 0.6) is 0 Å². The average Bonchev–Trinajstić information content (AvgIpc) is 2.83. The summed E-state index contributed by atoms with van der Waals surface area (Å²) in [4.78, 5) is 37.9. The van der Waals surface area contributed by atoms with Crippen LogP contribution in [0.15, 0.2) is 46.9 Å². The third-order valence-electron chi connectivity index (χ3n) is 4.24. The van der Waals surface area contributed by atoms with Crippen LogP contribution in [-0.4, -0.2) is 29.2 Å². The van der Waals surface area contributed by atoms with Crippen LogP contribution in [-0.2, 0) is 4.79 Å². The Morgan fingerprint density at radius 3 is 2.58 bits per heavy atom. The topological polar surface area (TPSA) is 66.5 Å². The Kier molecular flexibility index (Phi) is 5.18. The van der Waals surface area contributed by atoms with Crippen molar-refractivity contribution in [2.24, 2.45) is 0 Å². The Balaban J connectivity index is 1.61. The standard InChI is InChI=1S/C19H16BrFN2O3/c1-11(13-4-2-3-5-16(13)21)22-17(24)8-9-23-18(25)14-7-6-12(20)10-15(14)19(23)26/h2-7,10-11H,8-9H2,1H3,(H,22,24). The van der Waals surface area contributed by atoms with E-state index in [1.54, 1.807) is 43.3 Å². The highest BCUT2D eigenvalue weighted by atomic mass is 79.9. The van der Waals surface area contributed by atoms with Gasteiger partial charge in [-0.2, -0.15) is 0 Å². The van der Waals surface area contributed by atoms with E-state index < -0.39 is 23.7 Å². The molecule has 0 saturated carbocycles. The minimum Gasteiger partial charge on any atom is -0.349 e. The van der Waals surface area contributed by atoms with Crippen molar-refractivity contribution >= 4 is 33.7 Å². The van der Waals surface area contributed by atoms with Crippen molar-refractivity contribution in [3.05, 3.63) is 69.4 Å². The number of nitrogens with zero attached hydrogens (tertiary/aromatic N) is 1. The predicted molar refractivity (Wildman–Crippen MR) is 97.1 cm³/mol. The molecule has 1 N–H and O–H groups in total. The van der Waals surface area contributed by atoms with Crippen molar-refractivity contribution in [1.82, 2.24) is 10.2 Å². The van der Waals surface area contributed by atoms with Gasteiger partial charge in [0.25, 0.3) is 11.8 Å². The summed E-state index contributed by atoms with van der Waals surface area (Å²) in [5, 5.41) is 2.69. The molecule has 1 atom stereocenters. The number of halogens is 2. The molecule has 0 radical (unpaired) electrons. The third-order valence-corrected chi connectivity index (χ3v) is 4.74. The zero-order valence-corrected chi connectivity index (χ0v) is 15.5. The lowest BCUT2D eigenvalue weighted by Gasteiger charge is -2.17. The molecule has 0 bridgehead atoms. The Hall–Kier alpha value is -2.54. The van der Waals surface area contributed by atoms with Crippen molar-refractivity contribution in [2.45, 2.75) is 19.4 Å². The third kappa shape index (κ3) is 3.53. The molecule has 2 aromatic rings. The number of fused-ring (bicyclic) bond motifs is 1. The summed E-state index contributed by atoms with van der Waals surface area (Å²) in [7, 11) is 0. The summed E-state index contributed by atoms with van der Waals surface area (Å²) in [6, 6.07) is 10.6. The van der Waals surface area contributed by atoms with Gasteiger partial charge in [-0.15, -0.1) is 0 Å². The first-order chi connectivity index (χ1) is 12.4. The molecule has 2 aromatic carbocycles. The summed E-state index contributed by atoms with van der Waals surface area (Å²) >= 11 is 3.27. The van der Waals surface area contributed by atoms with Crippen molar-refractivity contribution in [1.29, 1.82) is 0 Å². The fourth-order valence-corrected chi connectivity index (χ4v) is 3.26. The van der Waals surface area contributed by atoms with Crippen LogP contribution in [0.4, 0.5) is 4.39 Å². The van der Waals surface area contributed by atoms with E-state index in [4.69, 9.17) is 0 Å². The summed E-state index contributed by atoms with van der Waals surface area (Å²) in [6.07, 6.45) is -0.0502. The second-order valence-electron chi connectivity index (χ2n) is 6.01. The Labute approximate surface area is 158 Å². The molecule has 3 rings (SSSR count). The normalized spacial score (nSPS) is 14.3. The molecule has 1 aliphatic heterocycles. The van der Waals surface area contributed by atoms with Crippen LogP contribution in [0.2, 0.25) is 0 Å². The average molecular weight is 419 g/mol. The molecule has 0 aromatic heterocycles. The molecule has 0 fully saturated rings. The van der Waals surface area contributed by atoms with Crippen LogP contribution in [0, 0.1) is 5.82 Å². The molecule has 0 aliphatic carbocycles. The number of carbonyl (C=O) groups excluding carboxylic acids is 3. The fourth-order valence-electron chi connectivity index (χ4n) is 2.90. The minimum atomic E-state index is -0.512. The zero-order valence-electron chi connectivity index (χ0n) is 14.0. The van der Waals surface area contributed by atoms with Crippen molar-refractivity contribution in [2.75, 3.05) is 6.54 Å². The molecule has 5 nitrogen and oxygen atoms in total. The number of amides is 3. The Morgan fingerprint density at radius 1 is 1.15 bits per heavy atom. The van der Waals surface area contributed by atoms with Crippen LogP contribution in [0.1, 0.15) is 45.7 Å². The summed E-state index contributed by atoms with van der Waals surface area (Å²) in [5.41, 5.74) is 1.04. The first-order valence-electron chi connectivity index (χ1n) is 8.08. The lowest BCUT2D eigenvalue weighted by molar-refractivity contribution is -0.121. The van der Waals surface area contributed by atoms with Gasteiger partial charge in [-0.1, -0.05) is 34.1 Å². The number of hydrogen-bond donors (Lipinski definition) is 1. The van der Waals surface area contributed by atoms with E-state index in [2.05, 4.69) is 21.2 Å². The van der Waals surface area contributed by atoms with Gasteiger partial charge < -0.3 is 5.32 Å². The highest BCUT2D eigenvalue weighted by molar-refractivity contribution is 9.10. The number of benzene rings is 2. The zero-order chi connectivity index (χ0) is 18.8. The van der Waals surface area contributed by atoms with Gasteiger partial charge >= 0.3 is 0 Å². The van der Waals surface area contributed by atoms with Gasteiger partial charge in [-0.25, -0.2) is 4.39 Å². The Morgan fingerprint density at radius 2 is 1.85 bits per heavy atom. The number of nitrogens with one attached hydrogen (secondary N) is 1. The molecule has 1 heterocycles. The maximum atomic E-state index is 13.8. The van der Waals surface area contributed by atoms with Crippen molar-refractivity contribution in [3.8, 4) is 0 Å². The second-order valence-corrected chi connectivity index (χ2v) is 6.93. The lowest BCUT2D eigenvalue weighted by atomic mass is 10.1. The number of hydrogen-bond acceptors (Lipinski definition) is 3. The molecule has 26 heavy (non-hydrogen) atoms. The first-order valence-corrected chi connectivity index (χ1v) is 8.87. The number of carbonyl (C=O) groups is 3. The molecule has 0 saturated heterocycles. The fraction of sp³-hybridized carbons (Fsp3) is 0.211. The van der Waals surface area contributed by atoms with Gasteiger partial charge in [0.05, 0.1) is 17.2 Å². The summed E-state index contributed by atoms with van der Waals surface area (Å²) in [6.45, 7) is 1.65. The van der Waals surface area contributed by atoms with E-state index in [9.17, 15) is 18.8 Å². The molecular weight excluding hydrogens is 403 g/mol. The molecule has 7 heteroatoms. The predicted octanol–water partition coefficient (Wildman–Crippen LogP) is 3.45. The number of rotatable bonds is 5. The van der Waals surface area contributed by atoms with Crippen LogP contribution < -0.4 is 5.32 Å². The smallest absolute Gasteiger partial charge is 0.261 e. The molecule has 1 unspecified atom stereocenters. The number of imide groups is 1. The quantitative estimate of drug-likeness (QED) is 0.756. The summed E-state index contributed by atoms with van der Waals surface area (Å²) < 4.78 is 14.5. The van der Waals surface area contributed by atoms with E-state index in [1.165, 1.54) is 6.07 Å². The lowest BCUT2D eigenvalue weighted by Crippen LogP contribution is -2.35. The van der Waals surface area contributed by atoms with E-state index in [0.29, 0.717) is 21.2 Å². The maximum Gasteiger partial charge on any atom is 0.261 e. The monoisotopic (exact) mass is 418 g/mol. The largest absolute Gasteiger partial charge is 0.349 e. The highest BCUT2D eigenvalue weighted by Gasteiger charge is 2.35. The molecule has 1 aliphatic rings. The highest BCUT2D eigenvalue weighted by Crippen LogP contribution is 2.26. The molecular formula is C19H16BrFN2O3. The molecule has 134 valence electrons. The van der Waals surface area contributed by atoms with Crippen molar-refractivity contribution in [3.63, 3.8) is 0 Å². The maximum absolute atomic E-state index is 13.8. The van der Waals surface area contributed by atoms with E-state index >= 15 is 0 Å². The van der Waals surface area contributed by atoms with Crippen molar-refractivity contribution < 1.29 is 18.8 Å². The minimum absolute atomic E-state index is 0.0280. The molecule has 0 spiro atoms. The van der Waals surface area contributed by atoms with E-state index in [0.717, 1.165) is 4.90 Å². The van der Waals surface area contributed by atoms with Gasteiger partial charge in [0.15, 0.2) is 0 Å². The molecule has 3 amide bonds.